The number of hydrogen-bond acceptors (Lipinski definition) is 2. The highest BCUT2D eigenvalue weighted by molar-refractivity contribution is 5.25. The molecule has 0 bridgehead atoms. The van der Waals surface area contributed by atoms with E-state index in [9.17, 15) is 5.11 Å². The van der Waals surface area contributed by atoms with Gasteiger partial charge in [0, 0.05) is 0 Å². The zero-order valence-corrected chi connectivity index (χ0v) is 16.9. The van der Waals surface area contributed by atoms with Gasteiger partial charge in [0.15, 0.2) is 0 Å². The van der Waals surface area contributed by atoms with Crippen LogP contribution in [0.15, 0.2) is 23.3 Å². The third-order valence-corrected chi connectivity index (χ3v) is 8.22. The van der Waals surface area contributed by atoms with E-state index in [4.69, 9.17) is 0 Å². The molecule has 0 aromatic heterocycles. The van der Waals surface area contributed by atoms with Crippen molar-refractivity contribution in [1.29, 1.82) is 0 Å². The first-order valence-electron chi connectivity index (χ1n) is 11.4. The van der Waals surface area contributed by atoms with Crippen molar-refractivity contribution in [2.75, 3.05) is 19.6 Å². The number of aliphatic hydroxyl groups is 1. The van der Waals surface area contributed by atoms with Crippen LogP contribution in [0.2, 0.25) is 0 Å². The Labute approximate surface area is 160 Å². The summed E-state index contributed by atoms with van der Waals surface area (Å²) in [5, 5.41) is 9.93. The Hall–Kier alpha value is -0.600. The Balaban J connectivity index is 1.41. The lowest BCUT2D eigenvalue weighted by Gasteiger charge is -2.42. The quantitative estimate of drug-likeness (QED) is 0.720. The lowest BCUT2D eigenvalue weighted by atomic mass is 9.63. The van der Waals surface area contributed by atoms with Gasteiger partial charge in [0.1, 0.15) is 0 Å². The second kappa shape index (κ2) is 8.19. The lowest BCUT2D eigenvalue weighted by Crippen LogP contribution is -2.35. The number of allylic oxidation sites excluding steroid dienone is 3. The van der Waals surface area contributed by atoms with Crippen molar-refractivity contribution in [2.45, 2.75) is 90.1 Å². The standard InChI is InChI=1S/C24H39NO/c1-24-14-5-7-20(10-9-19-6-4-8-22(26)18-19)23(24)12-11-21(24)13-17-25-15-2-3-16-25/h9-10,21-23,26H,2-8,11-18H2,1H3/b19-9-,20-10+/t21-,22+,23?,24?/m1/s1. The Morgan fingerprint density at radius 1 is 1.04 bits per heavy atom. The molecule has 0 aromatic carbocycles. The Morgan fingerprint density at radius 3 is 2.69 bits per heavy atom. The fourth-order valence-electron chi connectivity index (χ4n) is 6.61. The molecule has 1 saturated heterocycles. The van der Waals surface area contributed by atoms with Crippen LogP contribution in [0.3, 0.4) is 0 Å². The second-order valence-electron chi connectivity index (χ2n) is 9.84. The fourth-order valence-corrected chi connectivity index (χ4v) is 6.61. The van der Waals surface area contributed by atoms with Gasteiger partial charge < -0.3 is 10.0 Å². The maximum absolute atomic E-state index is 9.93. The van der Waals surface area contributed by atoms with Crippen molar-refractivity contribution < 1.29 is 5.11 Å². The molecule has 0 radical (unpaired) electrons. The molecule has 0 spiro atoms. The van der Waals surface area contributed by atoms with Crippen LogP contribution in [0, 0.1) is 17.3 Å². The van der Waals surface area contributed by atoms with Gasteiger partial charge in [-0.05, 0) is 114 Å². The molecule has 3 saturated carbocycles. The van der Waals surface area contributed by atoms with Gasteiger partial charge in [-0.25, -0.2) is 0 Å². The Bertz CT molecular complexity index is 544. The molecule has 4 rings (SSSR count). The van der Waals surface area contributed by atoms with Crippen LogP contribution in [0.5, 0.6) is 0 Å². The van der Waals surface area contributed by atoms with E-state index in [0.717, 1.165) is 31.1 Å². The summed E-state index contributed by atoms with van der Waals surface area (Å²) in [6, 6.07) is 0. The average Bonchev–Trinajstić information content (AvgIpc) is 3.25. The van der Waals surface area contributed by atoms with E-state index in [0.29, 0.717) is 5.41 Å². The molecule has 2 heteroatoms. The summed E-state index contributed by atoms with van der Waals surface area (Å²) in [6.45, 7) is 6.65. The average molecular weight is 358 g/mol. The summed E-state index contributed by atoms with van der Waals surface area (Å²) < 4.78 is 0. The van der Waals surface area contributed by atoms with Gasteiger partial charge in [0.25, 0.3) is 0 Å². The Kier molecular flexibility index (Phi) is 5.90. The topological polar surface area (TPSA) is 23.5 Å². The van der Waals surface area contributed by atoms with Crippen LogP contribution in [0.25, 0.3) is 0 Å². The number of likely N-dealkylation sites (tertiary alicyclic amines) is 1. The maximum Gasteiger partial charge on any atom is 0.0577 e. The molecular formula is C24H39NO. The summed E-state index contributed by atoms with van der Waals surface area (Å²) in [5.74, 6) is 1.76. The van der Waals surface area contributed by atoms with Crippen LogP contribution >= 0.6 is 0 Å². The third kappa shape index (κ3) is 3.97. The summed E-state index contributed by atoms with van der Waals surface area (Å²) >= 11 is 0. The van der Waals surface area contributed by atoms with Crippen molar-refractivity contribution in [3.05, 3.63) is 23.3 Å². The zero-order chi connectivity index (χ0) is 18.0. The SMILES string of the molecule is CC12CCC/C(=C\C=C3\CCC[C@H](O)C3)C1CC[C@@H]2CCN1CCCC1. The molecule has 1 heterocycles. The van der Waals surface area contributed by atoms with E-state index >= 15 is 0 Å². The van der Waals surface area contributed by atoms with Crippen LogP contribution in [0.4, 0.5) is 0 Å². The van der Waals surface area contributed by atoms with Gasteiger partial charge in [0.05, 0.1) is 6.10 Å². The van der Waals surface area contributed by atoms with E-state index in [1.165, 1.54) is 83.0 Å². The van der Waals surface area contributed by atoms with Crippen molar-refractivity contribution in [2.24, 2.45) is 17.3 Å². The summed E-state index contributed by atoms with van der Waals surface area (Å²) in [5.41, 5.74) is 3.76. The molecule has 2 unspecified atom stereocenters. The third-order valence-electron chi connectivity index (χ3n) is 8.22. The summed E-state index contributed by atoms with van der Waals surface area (Å²) in [4.78, 5) is 2.70. The number of nitrogens with zero attached hydrogens (tertiary/aromatic N) is 1. The van der Waals surface area contributed by atoms with E-state index in [2.05, 4.69) is 24.0 Å². The highest BCUT2D eigenvalue weighted by Crippen LogP contribution is 2.58. The molecule has 1 N–H and O–H groups in total. The minimum Gasteiger partial charge on any atom is -0.393 e. The highest BCUT2D eigenvalue weighted by Gasteiger charge is 2.48. The molecular weight excluding hydrogens is 318 g/mol. The normalized spacial score (nSPS) is 41.8. The molecule has 4 atom stereocenters. The van der Waals surface area contributed by atoms with Crippen LogP contribution in [-0.4, -0.2) is 35.7 Å². The Morgan fingerprint density at radius 2 is 1.88 bits per heavy atom. The van der Waals surface area contributed by atoms with Crippen molar-refractivity contribution in [3.8, 4) is 0 Å². The van der Waals surface area contributed by atoms with Gasteiger partial charge in [-0.3, -0.25) is 0 Å². The molecule has 2 nitrogen and oxygen atoms in total. The highest BCUT2D eigenvalue weighted by atomic mass is 16.3. The van der Waals surface area contributed by atoms with Crippen LogP contribution in [0.1, 0.15) is 84.0 Å². The number of rotatable bonds is 4. The monoisotopic (exact) mass is 357 g/mol. The molecule has 146 valence electrons. The minimum absolute atomic E-state index is 0.0912. The van der Waals surface area contributed by atoms with Crippen molar-refractivity contribution >= 4 is 0 Å². The molecule has 0 aromatic rings. The number of fused-ring (bicyclic) bond motifs is 1. The van der Waals surface area contributed by atoms with E-state index in [1.54, 1.807) is 5.57 Å². The van der Waals surface area contributed by atoms with Crippen molar-refractivity contribution in [3.63, 3.8) is 0 Å². The number of hydrogen-bond donors (Lipinski definition) is 1. The van der Waals surface area contributed by atoms with Crippen LogP contribution < -0.4 is 0 Å². The predicted molar refractivity (Wildman–Crippen MR) is 109 cm³/mol. The fraction of sp³-hybridized carbons (Fsp3) is 0.833. The van der Waals surface area contributed by atoms with E-state index in [-0.39, 0.29) is 6.10 Å². The second-order valence-corrected chi connectivity index (χ2v) is 9.84. The molecule has 0 amide bonds. The lowest BCUT2D eigenvalue weighted by molar-refractivity contribution is 0.120. The molecule has 4 aliphatic rings. The zero-order valence-electron chi connectivity index (χ0n) is 16.9. The van der Waals surface area contributed by atoms with Gasteiger partial charge in [0.2, 0.25) is 0 Å². The molecule has 4 fully saturated rings. The van der Waals surface area contributed by atoms with E-state index in [1.807, 2.05) is 0 Å². The van der Waals surface area contributed by atoms with Gasteiger partial charge in [-0.15, -0.1) is 0 Å². The van der Waals surface area contributed by atoms with Gasteiger partial charge in [-0.1, -0.05) is 30.2 Å². The first kappa shape index (κ1) is 18.7. The summed E-state index contributed by atoms with van der Waals surface area (Å²) in [6.07, 6.45) is 20.3. The van der Waals surface area contributed by atoms with Gasteiger partial charge >= 0.3 is 0 Å². The first-order chi connectivity index (χ1) is 12.6. The first-order valence-corrected chi connectivity index (χ1v) is 11.4. The molecule has 26 heavy (non-hydrogen) atoms. The largest absolute Gasteiger partial charge is 0.393 e. The smallest absolute Gasteiger partial charge is 0.0577 e. The number of aliphatic hydroxyl groups excluding tert-OH is 1. The maximum atomic E-state index is 9.93. The molecule has 1 aliphatic heterocycles. The minimum atomic E-state index is -0.0912. The van der Waals surface area contributed by atoms with Crippen molar-refractivity contribution in [1.82, 2.24) is 4.90 Å². The van der Waals surface area contributed by atoms with Crippen LogP contribution in [-0.2, 0) is 0 Å². The molecule has 3 aliphatic carbocycles. The summed E-state index contributed by atoms with van der Waals surface area (Å²) in [7, 11) is 0. The predicted octanol–water partition coefficient (Wildman–Crippen LogP) is 5.48. The van der Waals surface area contributed by atoms with E-state index < -0.39 is 0 Å². The van der Waals surface area contributed by atoms with Gasteiger partial charge in [-0.2, -0.15) is 0 Å².